The molecule has 1 unspecified atom stereocenters. The Labute approximate surface area is 157 Å². The van der Waals surface area contributed by atoms with E-state index in [-0.39, 0.29) is 23.9 Å². The minimum absolute atomic E-state index is 0.158. The topological polar surface area (TPSA) is 97.1 Å². The van der Waals surface area contributed by atoms with E-state index < -0.39 is 5.79 Å². The Morgan fingerprint density at radius 1 is 1.07 bits per heavy atom. The highest BCUT2D eigenvalue weighted by Crippen LogP contribution is 2.47. The van der Waals surface area contributed by atoms with E-state index in [4.69, 9.17) is 14.0 Å². The maximum absolute atomic E-state index is 12.7. The van der Waals surface area contributed by atoms with Crippen LogP contribution in [0.15, 0.2) is 4.52 Å². The van der Waals surface area contributed by atoms with E-state index >= 15 is 0 Å². The predicted octanol–water partition coefficient (Wildman–Crippen LogP) is 1.51. The number of rotatable bonds is 2. The van der Waals surface area contributed by atoms with Crippen LogP contribution >= 0.6 is 0 Å². The van der Waals surface area contributed by atoms with Crippen molar-refractivity contribution in [3.8, 4) is 0 Å². The minimum atomic E-state index is -0.965. The van der Waals surface area contributed by atoms with Gasteiger partial charge in [0, 0.05) is 18.5 Å². The van der Waals surface area contributed by atoms with Gasteiger partial charge in [-0.2, -0.15) is 0 Å². The van der Waals surface area contributed by atoms with Crippen LogP contribution in [-0.2, 0) is 14.3 Å². The summed E-state index contributed by atoms with van der Waals surface area (Å²) >= 11 is 0. The summed E-state index contributed by atoms with van der Waals surface area (Å²) in [5.41, 5.74) is 0.990. The van der Waals surface area contributed by atoms with Crippen molar-refractivity contribution in [1.29, 1.82) is 0 Å². The van der Waals surface area contributed by atoms with E-state index in [9.17, 15) is 9.59 Å². The van der Waals surface area contributed by atoms with Gasteiger partial charge in [-0.3, -0.25) is 4.79 Å². The third-order valence-electron chi connectivity index (χ3n) is 5.67. The molecule has 0 aromatic carbocycles. The summed E-state index contributed by atoms with van der Waals surface area (Å²) in [7, 11) is 0. The van der Waals surface area contributed by atoms with Crippen LogP contribution in [0, 0.1) is 19.3 Å². The Bertz CT molecular complexity index is 735. The second-order valence-electron chi connectivity index (χ2n) is 7.95. The molecule has 1 aromatic rings. The molecule has 3 aliphatic rings. The number of nitrogens with one attached hydrogen (secondary N) is 1. The van der Waals surface area contributed by atoms with Gasteiger partial charge >= 0.3 is 6.03 Å². The van der Waals surface area contributed by atoms with E-state index in [0.29, 0.717) is 50.0 Å². The molecule has 1 N–H and O–H groups in total. The zero-order valence-corrected chi connectivity index (χ0v) is 16.0. The first-order valence-corrected chi connectivity index (χ1v) is 9.38. The van der Waals surface area contributed by atoms with Crippen molar-refractivity contribution in [1.82, 2.24) is 15.0 Å². The van der Waals surface area contributed by atoms with Crippen LogP contribution in [0.5, 0.6) is 0 Å². The van der Waals surface area contributed by atoms with E-state index in [0.717, 1.165) is 12.8 Å². The van der Waals surface area contributed by atoms with Gasteiger partial charge in [0.05, 0.1) is 26.3 Å². The fourth-order valence-corrected chi connectivity index (χ4v) is 3.67. The van der Waals surface area contributed by atoms with Gasteiger partial charge in [0.25, 0.3) is 0 Å². The summed E-state index contributed by atoms with van der Waals surface area (Å²) in [6, 6.07) is -0.256. The number of anilines is 1. The average Bonchev–Trinajstić information content (AvgIpc) is 3.34. The monoisotopic (exact) mass is 378 g/mol. The number of morpholine rings is 2. The van der Waals surface area contributed by atoms with Crippen LogP contribution in [0.25, 0.3) is 0 Å². The molecule has 148 valence electrons. The maximum Gasteiger partial charge on any atom is 0.322 e. The van der Waals surface area contributed by atoms with E-state index in [2.05, 4.69) is 10.5 Å². The van der Waals surface area contributed by atoms with Crippen LogP contribution in [-0.4, -0.2) is 72.1 Å². The normalized spacial score (nSPS) is 26.9. The highest BCUT2D eigenvalue weighted by Gasteiger charge is 2.51. The lowest BCUT2D eigenvalue weighted by molar-refractivity contribution is -0.284. The fraction of sp³-hybridized carbons (Fsp3) is 0.722. The molecular formula is C18H26N4O5. The summed E-state index contributed by atoms with van der Waals surface area (Å²) < 4.78 is 16.9. The van der Waals surface area contributed by atoms with Crippen molar-refractivity contribution >= 4 is 17.6 Å². The zero-order chi connectivity index (χ0) is 19.2. The van der Waals surface area contributed by atoms with Crippen molar-refractivity contribution < 1.29 is 23.6 Å². The standard InChI is InChI=1S/C18H26N4O5/c1-12-14(13(2)27-20-12)19-16(24)22-7-9-26-18(11-22)10-21(6-8-25-18)15(23)17(3)4-5-17/h4-11H2,1-3H3,(H,19,24). The first kappa shape index (κ1) is 18.2. The molecular weight excluding hydrogens is 352 g/mol. The number of aromatic nitrogens is 1. The average molecular weight is 378 g/mol. The van der Waals surface area contributed by atoms with Crippen molar-refractivity contribution in [2.45, 2.75) is 39.4 Å². The van der Waals surface area contributed by atoms with Gasteiger partial charge in [-0.15, -0.1) is 0 Å². The van der Waals surface area contributed by atoms with Gasteiger partial charge in [0.15, 0.2) is 5.76 Å². The van der Waals surface area contributed by atoms with Gasteiger partial charge in [-0.1, -0.05) is 12.1 Å². The maximum atomic E-state index is 12.7. The quantitative estimate of drug-likeness (QED) is 0.838. The molecule has 1 saturated carbocycles. The molecule has 9 heteroatoms. The van der Waals surface area contributed by atoms with E-state index in [1.165, 1.54) is 0 Å². The van der Waals surface area contributed by atoms with Crippen molar-refractivity contribution in [2.75, 3.05) is 44.7 Å². The molecule has 27 heavy (non-hydrogen) atoms. The smallest absolute Gasteiger partial charge is 0.322 e. The van der Waals surface area contributed by atoms with Gasteiger partial charge < -0.3 is 29.1 Å². The molecule has 2 saturated heterocycles. The van der Waals surface area contributed by atoms with E-state index in [1.807, 2.05) is 11.8 Å². The molecule has 9 nitrogen and oxygen atoms in total. The molecule has 4 rings (SSSR count). The van der Waals surface area contributed by atoms with Crippen LogP contribution < -0.4 is 5.32 Å². The number of carbonyl (C=O) groups excluding carboxylic acids is 2. The molecule has 3 amide bonds. The molecule has 0 bridgehead atoms. The van der Waals surface area contributed by atoms with Gasteiger partial charge in [-0.25, -0.2) is 4.79 Å². The summed E-state index contributed by atoms with van der Waals surface area (Å²) in [6.45, 7) is 7.91. The molecule has 2 aliphatic heterocycles. The fourth-order valence-electron chi connectivity index (χ4n) is 3.67. The Morgan fingerprint density at radius 3 is 2.30 bits per heavy atom. The lowest BCUT2D eigenvalue weighted by Gasteiger charge is -2.47. The Kier molecular flexibility index (Phi) is 4.38. The molecule has 1 aromatic heterocycles. The predicted molar refractivity (Wildman–Crippen MR) is 95.1 cm³/mol. The largest absolute Gasteiger partial charge is 0.359 e. The Balaban J connectivity index is 1.44. The van der Waals surface area contributed by atoms with Gasteiger partial charge in [0.2, 0.25) is 11.7 Å². The number of amides is 3. The second-order valence-corrected chi connectivity index (χ2v) is 7.95. The number of aryl methyl sites for hydroxylation is 2. The number of nitrogens with zero attached hydrogens (tertiary/aromatic N) is 3. The first-order valence-electron chi connectivity index (χ1n) is 9.38. The number of hydrogen-bond donors (Lipinski definition) is 1. The molecule has 1 aliphatic carbocycles. The van der Waals surface area contributed by atoms with E-state index in [1.54, 1.807) is 18.7 Å². The summed E-state index contributed by atoms with van der Waals surface area (Å²) in [5, 5.41) is 6.71. The molecule has 0 radical (unpaired) electrons. The summed E-state index contributed by atoms with van der Waals surface area (Å²) in [4.78, 5) is 28.9. The summed E-state index contributed by atoms with van der Waals surface area (Å²) in [5.74, 6) is -0.244. The third-order valence-corrected chi connectivity index (χ3v) is 5.67. The molecule has 3 fully saturated rings. The van der Waals surface area contributed by atoms with Crippen molar-refractivity contribution in [2.24, 2.45) is 5.41 Å². The molecule has 3 heterocycles. The first-order chi connectivity index (χ1) is 12.8. The van der Waals surface area contributed by atoms with Crippen molar-refractivity contribution in [3.05, 3.63) is 11.5 Å². The Hall–Kier alpha value is -2.13. The number of urea groups is 1. The number of carbonyl (C=O) groups is 2. The highest BCUT2D eigenvalue weighted by atomic mass is 16.7. The third kappa shape index (κ3) is 3.41. The van der Waals surface area contributed by atoms with Crippen LogP contribution in [0.1, 0.15) is 31.2 Å². The van der Waals surface area contributed by atoms with Crippen LogP contribution in [0.3, 0.4) is 0 Å². The SMILES string of the molecule is Cc1noc(C)c1NC(=O)N1CCOC2(C1)CN(C(=O)C1(C)CC1)CCO2. The van der Waals surface area contributed by atoms with Crippen LogP contribution in [0.4, 0.5) is 10.5 Å². The lowest BCUT2D eigenvalue weighted by Crippen LogP contribution is -2.64. The van der Waals surface area contributed by atoms with Gasteiger partial charge in [-0.05, 0) is 26.7 Å². The zero-order valence-electron chi connectivity index (χ0n) is 16.0. The van der Waals surface area contributed by atoms with Gasteiger partial charge in [0.1, 0.15) is 11.4 Å². The van der Waals surface area contributed by atoms with Crippen LogP contribution in [0.2, 0.25) is 0 Å². The Morgan fingerprint density at radius 2 is 1.70 bits per heavy atom. The number of ether oxygens (including phenoxy) is 2. The van der Waals surface area contributed by atoms with Crippen molar-refractivity contribution in [3.63, 3.8) is 0 Å². The number of hydrogen-bond acceptors (Lipinski definition) is 6. The summed E-state index contributed by atoms with van der Waals surface area (Å²) in [6.07, 6.45) is 1.87. The molecule has 1 spiro atoms. The molecule has 1 atom stereocenters. The second kappa shape index (κ2) is 6.49. The highest BCUT2D eigenvalue weighted by molar-refractivity contribution is 5.90. The lowest BCUT2D eigenvalue weighted by atomic mass is 10.1. The minimum Gasteiger partial charge on any atom is -0.359 e.